The minimum atomic E-state index is -3.86. The van der Waals surface area contributed by atoms with Crippen molar-refractivity contribution in [2.45, 2.75) is 9.79 Å². The first kappa shape index (κ1) is 16.9. The van der Waals surface area contributed by atoms with E-state index in [1.54, 1.807) is 17.1 Å². The van der Waals surface area contributed by atoms with Crippen molar-refractivity contribution < 1.29 is 22.7 Å². The maximum absolute atomic E-state index is 12.9. The van der Waals surface area contributed by atoms with Crippen LogP contribution in [0.1, 0.15) is 26.3 Å². The third kappa shape index (κ3) is 2.72. The van der Waals surface area contributed by atoms with Crippen LogP contribution in [-0.4, -0.2) is 51.4 Å². The maximum atomic E-state index is 12.9. The second-order valence-electron chi connectivity index (χ2n) is 6.08. The number of hydrogen-bond acceptors (Lipinski definition) is 6. The van der Waals surface area contributed by atoms with Crippen molar-refractivity contribution in [2.75, 3.05) is 26.3 Å². The molecule has 0 atom stereocenters. The Morgan fingerprint density at radius 2 is 1.69 bits per heavy atom. The van der Waals surface area contributed by atoms with Crippen LogP contribution in [0.2, 0.25) is 0 Å². The predicted octanol–water partition coefficient (Wildman–Crippen LogP) is 1.04. The summed E-state index contributed by atoms with van der Waals surface area (Å²) in [6.45, 7) is 2.15. The monoisotopic (exact) mass is 372 g/mol. The highest BCUT2D eigenvalue weighted by Crippen LogP contribution is 2.34. The summed E-state index contributed by atoms with van der Waals surface area (Å²) in [7, 11) is -3.86. The van der Waals surface area contributed by atoms with Gasteiger partial charge < -0.3 is 4.74 Å². The van der Waals surface area contributed by atoms with Crippen molar-refractivity contribution in [3.8, 4) is 0 Å². The second-order valence-corrected chi connectivity index (χ2v) is 7.97. The number of rotatable bonds is 2. The number of hydrogen-bond donors (Lipinski definition) is 1. The summed E-state index contributed by atoms with van der Waals surface area (Å²) in [5.41, 5.74) is 3.17. The average molecular weight is 372 g/mol. The number of nitrogens with zero attached hydrogens (tertiary/aromatic N) is 1. The number of benzene rings is 2. The van der Waals surface area contributed by atoms with Crippen LogP contribution in [0.3, 0.4) is 0 Å². The minimum absolute atomic E-state index is 0.0248. The van der Waals surface area contributed by atoms with Crippen molar-refractivity contribution in [3.05, 3.63) is 59.2 Å². The summed E-state index contributed by atoms with van der Waals surface area (Å²) < 4.78 is 31.0. The molecule has 1 fully saturated rings. The quantitative estimate of drug-likeness (QED) is 0.723. The van der Waals surface area contributed by atoms with Gasteiger partial charge in [-0.2, -0.15) is 0 Å². The smallest absolute Gasteiger partial charge is 0.265 e. The summed E-state index contributed by atoms with van der Waals surface area (Å²) in [4.78, 5) is 24.9. The summed E-state index contributed by atoms with van der Waals surface area (Å²) >= 11 is 0. The first-order valence-corrected chi connectivity index (χ1v) is 9.63. The Hall–Kier alpha value is -2.55. The van der Waals surface area contributed by atoms with E-state index in [0.29, 0.717) is 26.3 Å². The molecular weight excluding hydrogens is 356 g/mol. The number of hydrazine groups is 1. The molecule has 0 spiro atoms. The van der Waals surface area contributed by atoms with Gasteiger partial charge in [-0.3, -0.25) is 15.0 Å². The van der Waals surface area contributed by atoms with Gasteiger partial charge in [0.05, 0.1) is 23.0 Å². The number of sulfone groups is 1. The van der Waals surface area contributed by atoms with Crippen LogP contribution in [-0.2, 0) is 14.6 Å². The van der Waals surface area contributed by atoms with Gasteiger partial charge in [-0.15, -0.1) is 0 Å². The van der Waals surface area contributed by atoms with Gasteiger partial charge in [0, 0.05) is 29.8 Å². The Morgan fingerprint density at radius 3 is 2.46 bits per heavy atom. The number of morpholine rings is 1. The second kappa shape index (κ2) is 6.31. The number of nitrogens with one attached hydrogen (secondary N) is 1. The lowest BCUT2D eigenvalue weighted by atomic mass is 10.0. The Morgan fingerprint density at radius 1 is 1.00 bits per heavy atom. The largest absolute Gasteiger partial charge is 0.379 e. The van der Waals surface area contributed by atoms with Gasteiger partial charge in [-0.1, -0.05) is 12.1 Å². The van der Waals surface area contributed by atoms with Crippen molar-refractivity contribution in [1.29, 1.82) is 0 Å². The minimum Gasteiger partial charge on any atom is -0.379 e. The zero-order valence-corrected chi connectivity index (χ0v) is 14.6. The highest BCUT2D eigenvalue weighted by molar-refractivity contribution is 7.91. The van der Waals surface area contributed by atoms with Gasteiger partial charge in [-0.05, 0) is 30.3 Å². The van der Waals surface area contributed by atoms with Crippen LogP contribution < -0.4 is 5.43 Å². The summed E-state index contributed by atoms with van der Waals surface area (Å²) in [6, 6.07) is 10.2. The molecule has 134 valence electrons. The van der Waals surface area contributed by atoms with Crippen LogP contribution in [0, 0.1) is 0 Å². The lowest BCUT2D eigenvalue weighted by Gasteiger charge is -2.27. The van der Waals surface area contributed by atoms with E-state index in [4.69, 9.17) is 4.74 Å². The molecule has 2 heterocycles. The predicted molar refractivity (Wildman–Crippen MR) is 91.6 cm³/mol. The SMILES string of the molecule is O=C(NN1CCOCC1)c1ccc2c(c1)S(=O)(=O)c1ccccc1C2=O. The zero-order chi connectivity index (χ0) is 18.3. The van der Waals surface area contributed by atoms with E-state index in [9.17, 15) is 18.0 Å². The molecule has 2 aliphatic heterocycles. The number of carbonyl (C=O) groups is 2. The highest BCUT2D eigenvalue weighted by Gasteiger charge is 2.35. The Kier molecular flexibility index (Phi) is 4.10. The summed E-state index contributed by atoms with van der Waals surface area (Å²) in [6.07, 6.45) is 0. The fourth-order valence-corrected chi connectivity index (χ4v) is 4.79. The molecule has 0 bridgehead atoms. The molecule has 2 aromatic rings. The molecule has 0 aliphatic carbocycles. The molecule has 4 rings (SSSR count). The topological polar surface area (TPSA) is 92.8 Å². The molecule has 0 unspecified atom stereocenters. The highest BCUT2D eigenvalue weighted by atomic mass is 32.2. The van der Waals surface area contributed by atoms with E-state index in [1.165, 1.54) is 30.3 Å². The Labute approximate surface area is 150 Å². The molecule has 2 aliphatic rings. The third-order valence-electron chi connectivity index (χ3n) is 4.47. The number of carbonyl (C=O) groups excluding carboxylic acids is 2. The summed E-state index contributed by atoms with van der Waals surface area (Å²) in [5.74, 6) is -0.776. The van der Waals surface area contributed by atoms with Gasteiger partial charge in [0.15, 0.2) is 5.78 Å². The van der Waals surface area contributed by atoms with E-state index in [0.717, 1.165) is 0 Å². The molecule has 2 aromatic carbocycles. The van der Waals surface area contributed by atoms with E-state index in [-0.39, 0.29) is 32.3 Å². The van der Waals surface area contributed by atoms with Gasteiger partial charge in [0.25, 0.3) is 5.91 Å². The molecular formula is C18H16N2O5S. The lowest BCUT2D eigenvalue weighted by molar-refractivity contribution is 0.0126. The Bertz CT molecular complexity index is 1010. The van der Waals surface area contributed by atoms with Crippen LogP contribution >= 0.6 is 0 Å². The van der Waals surface area contributed by atoms with Gasteiger partial charge in [0.2, 0.25) is 9.84 Å². The van der Waals surface area contributed by atoms with Crippen molar-refractivity contribution in [3.63, 3.8) is 0 Å². The molecule has 8 heteroatoms. The molecule has 0 radical (unpaired) electrons. The van der Waals surface area contributed by atoms with Gasteiger partial charge >= 0.3 is 0 Å². The van der Waals surface area contributed by atoms with Gasteiger partial charge in [-0.25, -0.2) is 13.4 Å². The third-order valence-corrected chi connectivity index (χ3v) is 6.32. The van der Waals surface area contributed by atoms with Crippen LogP contribution in [0.15, 0.2) is 52.3 Å². The van der Waals surface area contributed by atoms with Crippen LogP contribution in [0.4, 0.5) is 0 Å². The molecule has 1 amide bonds. The number of ether oxygens (including phenoxy) is 1. The van der Waals surface area contributed by atoms with Crippen molar-refractivity contribution in [1.82, 2.24) is 10.4 Å². The van der Waals surface area contributed by atoms with E-state index in [1.807, 2.05) is 0 Å². The molecule has 7 nitrogen and oxygen atoms in total. The van der Waals surface area contributed by atoms with E-state index >= 15 is 0 Å². The Balaban J connectivity index is 1.71. The first-order chi connectivity index (χ1) is 12.5. The standard InChI is InChI=1S/C18H16N2O5S/c21-17-13-3-1-2-4-15(13)26(23,24)16-11-12(5-6-14(16)17)18(22)19-20-7-9-25-10-8-20/h1-6,11H,7-10H2,(H,19,22). The van der Waals surface area contributed by atoms with Crippen molar-refractivity contribution >= 4 is 21.5 Å². The van der Waals surface area contributed by atoms with Gasteiger partial charge in [0.1, 0.15) is 0 Å². The lowest BCUT2D eigenvalue weighted by Crippen LogP contribution is -2.48. The van der Waals surface area contributed by atoms with Crippen LogP contribution in [0.5, 0.6) is 0 Å². The number of ketones is 1. The average Bonchev–Trinajstić information content (AvgIpc) is 2.67. The molecule has 1 saturated heterocycles. The summed E-state index contributed by atoms with van der Waals surface area (Å²) in [5, 5.41) is 1.72. The maximum Gasteiger partial charge on any atom is 0.265 e. The van der Waals surface area contributed by atoms with Crippen LogP contribution in [0.25, 0.3) is 0 Å². The molecule has 26 heavy (non-hydrogen) atoms. The van der Waals surface area contributed by atoms with E-state index < -0.39 is 15.7 Å². The molecule has 0 saturated carbocycles. The van der Waals surface area contributed by atoms with E-state index in [2.05, 4.69) is 5.43 Å². The normalized spacial score (nSPS) is 18.7. The fraction of sp³-hybridized carbons (Fsp3) is 0.222. The van der Waals surface area contributed by atoms with Crippen molar-refractivity contribution in [2.24, 2.45) is 0 Å². The first-order valence-electron chi connectivity index (χ1n) is 8.15. The molecule has 0 aromatic heterocycles. The number of fused-ring (bicyclic) bond motifs is 2. The fourth-order valence-electron chi connectivity index (χ4n) is 3.11. The molecule has 1 N–H and O–H groups in total. The number of amides is 1. The zero-order valence-electron chi connectivity index (χ0n) is 13.8.